The van der Waals surface area contributed by atoms with E-state index in [1.54, 1.807) is 0 Å². The molecule has 0 N–H and O–H groups in total. The van der Waals surface area contributed by atoms with E-state index in [1.165, 1.54) is 25.0 Å². The van der Waals surface area contributed by atoms with Crippen LogP contribution < -0.4 is 0 Å². The summed E-state index contributed by atoms with van der Waals surface area (Å²) in [6.45, 7) is 1.64. The van der Waals surface area contributed by atoms with Crippen LogP contribution in [0.4, 0.5) is 8.78 Å². The lowest BCUT2D eigenvalue weighted by Gasteiger charge is -2.34. The third kappa shape index (κ3) is 3.49. The van der Waals surface area contributed by atoms with Crippen molar-refractivity contribution in [2.75, 3.05) is 11.9 Å². The van der Waals surface area contributed by atoms with E-state index in [0.29, 0.717) is 12.6 Å². The van der Waals surface area contributed by atoms with Crippen molar-refractivity contribution in [1.29, 1.82) is 0 Å². The Morgan fingerprint density at radius 1 is 1.18 bits per heavy atom. The molecule has 1 aliphatic rings. The summed E-state index contributed by atoms with van der Waals surface area (Å²) in [5.41, 5.74) is 0.718. The molecule has 0 radical (unpaired) electrons. The van der Waals surface area contributed by atoms with E-state index < -0.39 is 11.6 Å². The van der Waals surface area contributed by atoms with Gasteiger partial charge < -0.3 is 0 Å². The molecule has 1 saturated heterocycles. The molecule has 0 amide bonds. The maximum atomic E-state index is 13.1. The molecule has 94 valence electrons. The maximum Gasteiger partial charge on any atom is 0.126 e. The van der Waals surface area contributed by atoms with Gasteiger partial charge in [-0.1, -0.05) is 22.4 Å². The maximum absolute atomic E-state index is 13.1. The van der Waals surface area contributed by atoms with Crippen molar-refractivity contribution in [2.24, 2.45) is 0 Å². The monoisotopic (exact) mass is 303 g/mol. The van der Waals surface area contributed by atoms with Crippen LogP contribution in [0.2, 0.25) is 0 Å². The zero-order valence-corrected chi connectivity index (χ0v) is 11.2. The van der Waals surface area contributed by atoms with E-state index in [0.717, 1.165) is 29.9 Å². The average Bonchev–Trinajstić information content (AvgIpc) is 2.28. The molecule has 0 saturated carbocycles. The van der Waals surface area contributed by atoms with Gasteiger partial charge in [0.2, 0.25) is 0 Å². The topological polar surface area (TPSA) is 3.24 Å². The van der Waals surface area contributed by atoms with E-state index in [-0.39, 0.29) is 0 Å². The van der Waals surface area contributed by atoms with Crippen LogP contribution in [-0.2, 0) is 6.54 Å². The van der Waals surface area contributed by atoms with Gasteiger partial charge in [-0.05, 0) is 37.1 Å². The summed E-state index contributed by atoms with van der Waals surface area (Å²) in [6, 6.07) is 4.24. The fourth-order valence-electron chi connectivity index (χ4n) is 2.38. The highest BCUT2D eigenvalue weighted by molar-refractivity contribution is 9.09. The summed E-state index contributed by atoms with van der Waals surface area (Å²) < 4.78 is 26.2. The first-order chi connectivity index (χ1) is 8.19. The highest BCUT2D eigenvalue weighted by Crippen LogP contribution is 2.21. The Bertz CT molecular complexity index is 363. The number of benzene rings is 1. The number of hydrogen-bond donors (Lipinski definition) is 0. The van der Waals surface area contributed by atoms with Crippen LogP contribution in [0.1, 0.15) is 24.8 Å². The minimum Gasteiger partial charge on any atom is -0.295 e. The number of halogens is 3. The SMILES string of the molecule is Fc1cc(F)cc(CN2CCCCC2CBr)c1. The van der Waals surface area contributed by atoms with Crippen LogP contribution in [0.5, 0.6) is 0 Å². The van der Waals surface area contributed by atoms with Gasteiger partial charge in [0.1, 0.15) is 11.6 Å². The number of piperidine rings is 1. The Labute approximate surface area is 109 Å². The molecule has 1 aromatic rings. The Morgan fingerprint density at radius 2 is 1.88 bits per heavy atom. The van der Waals surface area contributed by atoms with Gasteiger partial charge in [-0.25, -0.2) is 8.78 Å². The predicted molar refractivity (Wildman–Crippen MR) is 68.2 cm³/mol. The van der Waals surface area contributed by atoms with Gasteiger partial charge in [0.15, 0.2) is 0 Å². The standard InChI is InChI=1S/C13H16BrF2N/c14-8-13-3-1-2-4-17(13)9-10-5-11(15)7-12(16)6-10/h5-7,13H,1-4,8-9H2. The van der Waals surface area contributed by atoms with E-state index in [2.05, 4.69) is 20.8 Å². The smallest absolute Gasteiger partial charge is 0.126 e. The van der Waals surface area contributed by atoms with Gasteiger partial charge in [0.25, 0.3) is 0 Å². The largest absolute Gasteiger partial charge is 0.295 e. The molecule has 4 heteroatoms. The summed E-state index contributed by atoms with van der Waals surface area (Å²) in [6.07, 6.45) is 3.56. The van der Waals surface area contributed by atoms with Crippen LogP contribution in [0.3, 0.4) is 0 Å². The summed E-state index contributed by atoms with van der Waals surface area (Å²) >= 11 is 3.50. The Hall–Kier alpha value is -0.480. The van der Waals surface area contributed by atoms with Crippen LogP contribution >= 0.6 is 15.9 Å². The minimum atomic E-state index is -0.493. The van der Waals surface area contributed by atoms with Crippen molar-refractivity contribution in [3.63, 3.8) is 0 Å². The first-order valence-electron chi connectivity index (χ1n) is 5.94. The van der Waals surface area contributed by atoms with Crippen molar-refractivity contribution in [2.45, 2.75) is 31.8 Å². The highest BCUT2D eigenvalue weighted by atomic mass is 79.9. The molecule has 1 heterocycles. The number of rotatable bonds is 3. The van der Waals surface area contributed by atoms with E-state index in [1.807, 2.05) is 0 Å². The highest BCUT2D eigenvalue weighted by Gasteiger charge is 2.21. The second kappa shape index (κ2) is 5.91. The molecule has 1 atom stereocenters. The third-order valence-electron chi connectivity index (χ3n) is 3.24. The molecule has 1 nitrogen and oxygen atoms in total. The quantitative estimate of drug-likeness (QED) is 0.769. The molecule has 0 aromatic heterocycles. The Kier molecular flexibility index (Phi) is 4.51. The summed E-state index contributed by atoms with van der Waals surface area (Å²) in [7, 11) is 0. The van der Waals surface area contributed by atoms with Crippen LogP contribution in [0.15, 0.2) is 18.2 Å². The molecular weight excluding hydrogens is 288 g/mol. The second-order valence-electron chi connectivity index (χ2n) is 4.55. The molecule has 1 aliphatic heterocycles. The van der Waals surface area contributed by atoms with E-state index in [4.69, 9.17) is 0 Å². The van der Waals surface area contributed by atoms with Crippen LogP contribution in [0.25, 0.3) is 0 Å². The Balaban J connectivity index is 2.08. The van der Waals surface area contributed by atoms with E-state index >= 15 is 0 Å². The first-order valence-corrected chi connectivity index (χ1v) is 7.06. The van der Waals surface area contributed by atoms with E-state index in [9.17, 15) is 8.78 Å². The zero-order valence-electron chi connectivity index (χ0n) is 9.63. The van der Waals surface area contributed by atoms with Gasteiger partial charge in [-0.3, -0.25) is 4.90 Å². The molecule has 1 fully saturated rings. The van der Waals surface area contributed by atoms with Crippen LogP contribution in [0, 0.1) is 11.6 Å². The number of hydrogen-bond acceptors (Lipinski definition) is 1. The molecule has 17 heavy (non-hydrogen) atoms. The Morgan fingerprint density at radius 3 is 2.53 bits per heavy atom. The second-order valence-corrected chi connectivity index (χ2v) is 5.20. The van der Waals surface area contributed by atoms with Crippen molar-refractivity contribution in [3.05, 3.63) is 35.4 Å². The third-order valence-corrected chi connectivity index (χ3v) is 3.98. The molecule has 0 bridgehead atoms. The molecule has 1 unspecified atom stereocenters. The molecule has 0 aliphatic carbocycles. The molecular formula is C13H16BrF2N. The molecule has 0 spiro atoms. The van der Waals surface area contributed by atoms with Crippen molar-refractivity contribution in [3.8, 4) is 0 Å². The summed E-state index contributed by atoms with van der Waals surface area (Å²) in [4.78, 5) is 2.30. The van der Waals surface area contributed by atoms with Gasteiger partial charge in [0.05, 0.1) is 0 Å². The van der Waals surface area contributed by atoms with Gasteiger partial charge in [-0.2, -0.15) is 0 Å². The van der Waals surface area contributed by atoms with Crippen molar-refractivity contribution >= 4 is 15.9 Å². The normalized spacial score (nSPS) is 21.7. The molecule has 1 aromatic carbocycles. The number of nitrogens with zero attached hydrogens (tertiary/aromatic N) is 1. The predicted octanol–water partition coefficient (Wildman–Crippen LogP) is 3.71. The van der Waals surface area contributed by atoms with Gasteiger partial charge in [-0.15, -0.1) is 0 Å². The van der Waals surface area contributed by atoms with Crippen molar-refractivity contribution < 1.29 is 8.78 Å². The lowest BCUT2D eigenvalue weighted by atomic mass is 10.0. The summed E-state index contributed by atoms with van der Waals surface area (Å²) in [5.74, 6) is -0.986. The fraction of sp³-hybridized carbons (Fsp3) is 0.538. The van der Waals surface area contributed by atoms with Gasteiger partial charge >= 0.3 is 0 Å². The lowest BCUT2D eigenvalue weighted by Crippen LogP contribution is -2.39. The summed E-state index contributed by atoms with van der Waals surface area (Å²) in [5, 5.41) is 0.921. The lowest BCUT2D eigenvalue weighted by molar-refractivity contribution is 0.156. The molecule has 2 rings (SSSR count). The van der Waals surface area contributed by atoms with Crippen LogP contribution in [-0.4, -0.2) is 22.8 Å². The first kappa shape index (κ1) is 13.0. The number of alkyl halides is 1. The average molecular weight is 304 g/mol. The zero-order chi connectivity index (χ0) is 12.3. The van der Waals surface area contributed by atoms with Crippen molar-refractivity contribution in [1.82, 2.24) is 4.90 Å². The van der Waals surface area contributed by atoms with Gasteiger partial charge in [0, 0.05) is 24.0 Å². The fourth-order valence-corrected chi connectivity index (χ4v) is 3.11. The minimum absolute atomic E-state index is 0.482. The number of likely N-dealkylation sites (tertiary alicyclic amines) is 1.